The summed E-state index contributed by atoms with van der Waals surface area (Å²) in [6, 6.07) is 0. The molecule has 0 spiro atoms. The van der Waals surface area contributed by atoms with Crippen molar-refractivity contribution in [1.29, 1.82) is 0 Å². The van der Waals surface area contributed by atoms with Crippen LogP contribution in [-0.2, 0) is 0 Å². The number of aryl methyl sites for hydroxylation is 1. The van der Waals surface area contributed by atoms with Crippen LogP contribution in [0.4, 0.5) is 11.6 Å². The molecule has 0 aromatic carbocycles. The lowest BCUT2D eigenvalue weighted by Gasteiger charge is -2.16. The summed E-state index contributed by atoms with van der Waals surface area (Å²) >= 11 is 0. The molecular formula is C14H24N4O. The SMILES string of the molecule is CCNc1nc(C)nc(NCC2CCC(O)C2)c1C. The summed E-state index contributed by atoms with van der Waals surface area (Å²) in [4.78, 5) is 8.88. The van der Waals surface area contributed by atoms with Gasteiger partial charge in [-0.2, -0.15) is 0 Å². The second-order valence-electron chi connectivity index (χ2n) is 5.34. The summed E-state index contributed by atoms with van der Waals surface area (Å²) in [5.41, 5.74) is 1.06. The Morgan fingerprint density at radius 1 is 1.16 bits per heavy atom. The van der Waals surface area contributed by atoms with Gasteiger partial charge in [-0.1, -0.05) is 0 Å². The molecule has 1 fully saturated rings. The molecule has 0 saturated heterocycles. The van der Waals surface area contributed by atoms with Gasteiger partial charge in [-0.15, -0.1) is 0 Å². The van der Waals surface area contributed by atoms with E-state index >= 15 is 0 Å². The average Bonchev–Trinajstić information content (AvgIpc) is 2.78. The minimum absolute atomic E-state index is 0.114. The number of anilines is 2. The van der Waals surface area contributed by atoms with Crippen LogP contribution in [0.1, 0.15) is 37.6 Å². The molecule has 5 nitrogen and oxygen atoms in total. The molecule has 1 aromatic rings. The third-order valence-electron chi connectivity index (χ3n) is 3.67. The van der Waals surface area contributed by atoms with Gasteiger partial charge in [0.1, 0.15) is 17.5 Å². The Labute approximate surface area is 114 Å². The Bertz CT molecular complexity index is 436. The van der Waals surface area contributed by atoms with Gasteiger partial charge in [0.25, 0.3) is 0 Å². The Morgan fingerprint density at radius 2 is 1.84 bits per heavy atom. The second kappa shape index (κ2) is 6.19. The quantitative estimate of drug-likeness (QED) is 0.760. The zero-order valence-electron chi connectivity index (χ0n) is 12.0. The van der Waals surface area contributed by atoms with Gasteiger partial charge in [-0.25, -0.2) is 9.97 Å². The molecule has 0 bridgehead atoms. The summed E-state index contributed by atoms with van der Waals surface area (Å²) in [6.45, 7) is 7.73. The van der Waals surface area contributed by atoms with E-state index in [-0.39, 0.29) is 6.10 Å². The summed E-state index contributed by atoms with van der Waals surface area (Å²) in [6.07, 6.45) is 2.81. The molecule has 1 heterocycles. The first kappa shape index (κ1) is 14.1. The maximum Gasteiger partial charge on any atom is 0.134 e. The van der Waals surface area contributed by atoms with Gasteiger partial charge in [0.2, 0.25) is 0 Å². The third-order valence-corrected chi connectivity index (χ3v) is 3.67. The number of hydrogen-bond donors (Lipinski definition) is 3. The van der Waals surface area contributed by atoms with Crippen molar-refractivity contribution >= 4 is 11.6 Å². The normalized spacial score (nSPS) is 22.5. The van der Waals surface area contributed by atoms with Crippen molar-refractivity contribution in [2.75, 3.05) is 23.7 Å². The van der Waals surface area contributed by atoms with E-state index in [1.165, 1.54) is 0 Å². The van der Waals surface area contributed by atoms with Crippen molar-refractivity contribution in [3.05, 3.63) is 11.4 Å². The van der Waals surface area contributed by atoms with Crippen LogP contribution in [0.25, 0.3) is 0 Å². The van der Waals surface area contributed by atoms with E-state index in [1.807, 2.05) is 13.8 Å². The number of rotatable bonds is 5. The van der Waals surface area contributed by atoms with Gasteiger partial charge in [-0.05, 0) is 46.0 Å². The number of aliphatic hydroxyl groups excluding tert-OH is 1. The van der Waals surface area contributed by atoms with E-state index in [0.717, 1.165) is 55.4 Å². The van der Waals surface area contributed by atoms with Gasteiger partial charge in [0.15, 0.2) is 0 Å². The molecule has 3 N–H and O–H groups in total. The highest BCUT2D eigenvalue weighted by Gasteiger charge is 2.22. The molecule has 19 heavy (non-hydrogen) atoms. The topological polar surface area (TPSA) is 70.1 Å². The standard InChI is InChI=1S/C14H24N4O/c1-4-15-13-9(2)14(18-10(3)17-13)16-8-11-5-6-12(19)7-11/h11-12,19H,4-8H2,1-3H3,(H2,15,16,17,18). The van der Waals surface area contributed by atoms with Crippen LogP contribution in [-0.4, -0.2) is 34.3 Å². The molecular weight excluding hydrogens is 240 g/mol. The van der Waals surface area contributed by atoms with Crippen molar-refractivity contribution in [3.8, 4) is 0 Å². The third kappa shape index (κ3) is 3.56. The van der Waals surface area contributed by atoms with Gasteiger partial charge >= 0.3 is 0 Å². The molecule has 1 aliphatic rings. The van der Waals surface area contributed by atoms with E-state index in [4.69, 9.17) is 0 Å². The van der Waals surface area contributed by atoms with Crippen LogP contribution >= 0.6 is 0 Å². The molecule has 1 aliphatic carbocycles. The molecule has 0 amide bonds. The Kier molecular flexibility index (Phi) is 4.58. The summed E-state index contributed by atoms with van der Waals surface area (Å²) in [5, 5.41) is 16.2. The van der Waals surface area contributed by atoms with Crippen molar-refractivity contribution in [3.63, 3.8) is 0 Å². The van der Waals surface area contributed by atoms with Crippen LogP contribution < -0.4 is 10.6 Å². The number of aliphatic hydroxyl groups is 1. The lowest BCUT2D eigenvalue weighted by Crippen LogP contribution is -2.16. The molecule has 2 unspecified atom stereocenters. The minimum atomic E-state index is -0.114. The van der Waals surface area contributed by atoms with E-state index < -0.39 is 0 Å². The lowest BCUT2D eigenvalue weighted by molar-refractivity contribution is 0.178. The fraction of sp³-hybridized carbons (Fsp3) is 0.714. The largest absolute Gasteiger partial charge is 0.393 e. The molecule has 1 aromatic heterocycles. The Balaban J connectivity index is 2.03. The first-order valence-corrected chi connectivity index (χ1v) is 7.11. The Morgan fingerprint density at radius 3 is 2.42 bits per heavy atom. The highest BCUT2D eigenvalue weighted by atomic mass is 16.3. The van der Waals surface area contributed by atoms with Crippen molar-refractivity contribution in [2.24, 2.45) is 5.92 Å². The zero-order valence-corrected chi connectivity index (χ0v) is 12.0. The van der Waals surface area contributed by atoms with E-state index in [2.05, 4.69) is 27.5 Å². The first-order chi connectivity index (χ1) is 9.10. The monoisotopic (exact) mass is 264 g/mol. The average molecular weight is 264 g/mol. The Hall–Kier alpha value is -1.36. The molecule has 0 aliphatic heterocycles. The lowest BCUT2D eigenvalue weighted by atomic mass is 10.1. The summed E-state index contributed by atoms with van der Waals surface area (Å²) in [7, 11) is 0. The van der Waals surface area contributed by atoms with Gasteiger partial charge in [0.05, 0.1) is 6.10 Å². The fourth-order valence-corrected chi connectivity index (χ4v) is 2.62. The maximum atomic E-state index is 9.55. The highest BCUT2D eigenvalue weighted by molar-refractivity contribution is 5.57. The van der Waals surface area contributed by atoms with E-state index in [9.17, 15) is 5.11 Å². The summed E-state index contributed by atoms with van der Waals surface area (Å²) in [5.74, 6) is 3.14. The fourth-order valence-electron chi connectivity index (χ4n) is 2.62. The summed E-state index contributed by atoms with van der Waals surface area (Å²) < 4.78 is 0. The van der Waals surface area contributed by atoms with Crippen LogP contribution in [0.2, 0.25) is 0 Å². The molecule has 2 rings (SSSR count). The molecule has 106 valence electrons. The number of hydrogen-bond acceptors (Lipinski definition) is 5. The minimum Gasteiger partial charge on any atom is -0.393 e. The molecule has 5 heteroatoms. The predicted octanol–water partition coefficient (Wildman–Crippen LogP) is 2.10. The van der Waals surface area contributed by atoms with Gasteiger partial charge in [0, 0.05) is 18.7 Å². The number of nitrogens with zero attached hydrogens (tertiary/aromatic N) is 2. The molecule has 0 radical (unpaired) electrons. The first-order valence-electron chi connectivity index (χ1n) is 7.11. The highest BCUT2D eigenvalue weighted by Crippen LogP contribution is 2.26. The van der Waals surface area contributed by atoms with Crippen LogP contribution in [0.5, 0.6) is 0 Å². The second-order valence-corrected chi connectivity index (χ2v) is 5.34. The zero-order chi connectivity index (χ0) is 13.8. The van der Waals surface area contributed by atoms with Crippen molar-refractivity contribution in [2.45, 2.75) is 46.1 Å². The van der Waals surface area contributed by atoms with E-state index in [1.54, 1.807) is 0 Å². The van der Waals surface area contributed by atoms with Crippen LogP contribution in [0, 0.1) is 19.8 Å². The van der Waals surface area contributed by atoms with Crippen LogP contribution in [0.15, 0.2) is 0 Å². The molecule has 1 saturated carbocycles. The van der Waals surface area contributed by atoms with Crippen molar-refractivity contribution in [1.82, 2.24) is 9.97 Å². The van der Waals surface area contributed by atoms with Gasteiger partial charge in [-0.3, -0.25) is 0 Å². The number of aromatic nitrogens is 2. The predicted molar refractivity (Wildman–Crippen MR) is 77.5 cm³/mol. The van der Waals surface area contributed by atoms with Crippen LogP contribution in [0.3, 0.4) is 0 Å². The maximum absolute atomic E-state index is 9.55. The molecule has 2 atom stereocenters. The van der Waals surface area contributed by atoms with Crippen molar-refractivity contribution < 1.29 is 5.11 Å². The number of nitrogens with one attached hydrogen (secondary N) is 2. The van der Waals surface area contributed by atoms with E-state index in [0.29, 0.717) is 5.92 Å². The van der Waals surface area contributed by atoms with Gasteiger partial charge < -0.3 is 15.7 Å². The smallest absolute Gasteiger partial charge is 0.134 e.